The predicted molar refractivity (Wildman–Crippen MR) is 97.5 cm³/mol. The zero-order valence-electron chi connectivity index (χ0n) is 13.7. The maximum absolute atomic E-state index is 12.9. The Balaban J connectivity index is 2.39. The van der Waals surface area contributed by atoms with Crippen LogP contribution in [-0.2, 0) is 15.5 Å². The largest absolute Gasteiger partial charge is 0.483 e. The van der Waals surface area contributed by atoms with Gasteiger partial charge in [0.1, 0.15) is 5.60 Å². The van der Waals surface area contributed by atoms with Crippen molar-refractivity contribution >= 4 is 41.4 Å². The molecule has 0 fully saturated rings. The molecule has 0 amide bonds. The predicted octanol–water partition coefficient (Wildman–Crippen LogP) is 6.37. The van der Waals surface area contributed by atoms with E-state index < -0.39 is 12.4 Å². The first kappa shape index (κ1) is 19.3. The zero-order chi connectivity index (χ0) is 17.3. The Labute approximate surface area is 151 Å². The van der Waals surface area contributed by atoms with Crippen molar-refractivity contribution in [2.45, 2.75) is 46.1 Å². The number of hydrogen-bond donors (Lipinski definition) is 0. The molecule has 23 heavy (non-hydrogen) atoms. The van der Waals surface area contributed by atoms with Gasteiger partial charge in [-0.1, -0.05) is 30.1 Å². The summed E-state index contributed by atoms with van der Waals surface area (Å²) >= 11 is 13.7. The molecule has 0 N–H and O–H groups in total. The number of halogens is 2. The van der Waals surface area contributed by atoms with Crippen molar-refractivity contribution in [2.75, 3.05) is 12.4 Å². The minimum atomic E-state index is -3.33. The monoisotopic (exact) mass is 398 g/mol. The summed E-state index contributed by atoms with van der Waals surface area (Å²) in [5.74, 6) is 1.49. The molecule has 8 heteroatoms. The lowest BCUT2D eigenvalue weighted by Gasteiger charge is -2.21. The van der Waals surface area contributed by atoms with Crippen LogP contribution in [0.5, 0.6) is 11.5 Å². The molecule has 0 spiro atoms. The standard InChI is InChI=1S/C15H21Cl2O4PS/c1-5-7-23-22(18,19-6-2)21-12-8-11(16)13(17)10-9-15(3,4)20-14(10)12/h8H,5-7,9H2,1-4H3. The van der Waals surface area contributed by atoms with E-state index in [1.54, 1.807) is 13.0 Å². The van der Waals surface area contributed by atoms with E-state index in [0.717, 1.165) is 12.0 Å². The second kappa shape index (κ2) is 7.45. The van der Waals surface area contributed by atoms with Gasteiger partial charge in [0.05, 0.1) is 16.7 Å². The Morgan fingerprint density at radius 3 is 2.70 bits per heavy atom. The van der Waals surface area contributed by atoms with Crippen LogP contribution in [0.25, 0.3) is 0 Å². The van der Waals surface area contributed by atoms with Crippen molar-refractivity contribution in [3.8, 4) is 11.5 Å². The van der Waals surface area contributed by atoms with Gasteiger partial charge in [0, 0.05) is 23.8 Å². The molecule has 1 aromatic carbocycles. The third-order valence-electron chi connectivity index (χ3n) is 3.16. The van der Waals surface area contributed by atoms with Gasteiger partial charge in [-0.3, -0.25) is 4.52 Å². The molecule has 1 aromatic rings. The first-order chi connectivity index (χ1) is 10.7. The third-order valence-corrected chi connectivity index (χ3v) is 7.93. The van der Waals surface area contributed by atoms with Crippen molar-refractivity contribution in [2.24, 2.45) is 0 Å². The molecule has 0 bridgehead atoms. The summed E-state index contributed by atoms with van der Waals surface area (Å²) in [6.07, 6.45) is 1.48. The molecule has 1 aliphatic rings. The van der Waals surface area contributed by atoms with E-state index in [2.05, 4.69) is 0 Å². The van der Waals surface area contributed by atoms with E-state index >= 15 is 0 Å². The Morgan fingerprint density at radius 2 is 2.09 bits per heavy atom. The van der Waals surface area contributed by atoms with Crippen LogP contribution >= 0.6 is 41.4 Å². The smallest absolute Gasteiger partial charge is 0.440 e. The van der Waals surface area contributed by atoms with Crippen molar-refractivity contribution < 1.29 is 18.3 Å². The zero-order valence-corrected chi connectivity index (χ0v) is 16.9. The quantitative estimate of drug-likeness (QED) is 0.498. The van der Waals surface area contributed by atoms with Crippen molar-refractivity contribution in [1.29, 1.82) is 0 Å². The molecular formula is C15H21Cl2O4PS. The Hall–Kier alpha value is -0.0600. The molecule has 2 rings (SSSR count). The molecule has 0 aromatic heterocycles. The van der Waals surface area contributed by atoms with Crippen LogP contribution in [0, 0.1) is 0 Å². The van der Waals surface area contributed by atoms with Crippen LogP contribution in [0.15, 0.2) is 6.07 Å². The van der Waals surface area contributed by atoms with E-state index in [1.807, 2.05) is 20.8 Å². The van der Waals surface area contributed by atoms with Crippen LogP contribution in [-0.4, -0.2) is 18.0 Å². The number of ether oxygens (including phenoxy) is 1. The highest BCUT2D eigenvalue weighted by atomic mass is 35.5. The highest BCUT2D eigenvalue weighted by Gasteiger charge is 2.37. The van der Waals surface area contributed by atoms with E-state index in [-0.39, 0.29) is 0 Å². The fraction of sp³-hybridized carbons (Fsp3) is 0.600. The van der Waals surface area contributed by atoms with Gasteiger partial charge in [-0.25, -0.2) is 4.57 Å². The Bertz CT molecular complexity index is 636. The lowest BCUT2D eigenvalue weighted by atomic mass is 10.0. The van der Waals surface area contributed by atoms with Gasteiger partial charge < -0.3 is 9.26 Å². The first-order valence-electron chi connectivity index (χ1n) is 7.50. The van der Waals surface area contributed by atoms with Gasteiger partial charge >= 0.3 is 6.80 Å². The van der Waals surface area contributed by atoms with Crippen LogP contribution in [0.4, 0.5) is 0 Å². The second-order valence-electron chi connectivity index (χ2n) is 5.81. The van der Waals surface area contributed by atoms with Crippen LogP contribution in [0.2, 0.25) is 10.0 Å². The lowest BCUT2D eigenvalue weighted by Crippen LogP contribution is -2.24. The SMILES string of the molecule is CCCSP(=O)(OCC)Oc1cc(Cl)c(Cl)c2c1OC(C)(C)C2. The Morgan fingerprint density at radius 1 is 1.39 bits per heavy atom. The van der Waals surface area contributed by atoms with Crippen molar-refractivity contribution in [3.63, 3.8) is 0 Å². The molecule has 0 aliphatic carbocycles. The maximum Gasteiger partial charge on any atom is 0.440 e. The summed E-state index contributed by atoms with van der Waals surface area (Å²) in [6.45, 7) is 4.66. The topological polar surface area (TPSA) is 44.8 Å². The van der Waals surface area contributed by atoms with Gasteiger partial charge in [-0.05, 0) is 38.6 Å². The molecule has 0 saturated heterocycles. The molecule has 130 valence electrons. The molecule has 1 heterocycles. The number of benzene rings is 1. The average Bonchev–Trinajstić information content (AvgIpc) is 2.79. The van der Waals surface area contributed by atoms with Crippen LogP contribution in [0.1, 0.15) is 39.7 Å². The van der Waals surface area contributed by atoms with Crippen molar-refractivity contribution in [1.82, 2.24) is 0 Å². The van der Waals surface area contributed by atoms with Crippen molar-refractivity contribution in [3.05, 3.63) is 21.7 Å². The van der Waals surface area contributed by atoms with Gasteiger partial charge in [-0.2, -0.15) is 0 Å². The van der Waals surface area contributed by atoms with Gasteiger partial charge in [0.2, 0.25) is 0 Å². The average molecular weight is 399 g/mol. The van der Waals surface area contributed by atoms with E-state index in [0.29, 0.717) is 40.3 Å². The third kappa shape index (κ3) is 4.52. The van der Waals surface area contributed by atoms with Gasteiger partial charge in [0.25, 0.3) is 0 Å². The number of rotatable bonds is 7. The van der Waals surface area contributed by atoms with E-state index in [4.69, 9.17) is 37.0 Å². The van der Waals surface area contributed by atoms with Crippen LogP contribution < -0.4 is 9.26 Å². The van der Waals surface area contributed by atoms with E-state index in [9.17, 15) is 4.57 Å². The molecule has 4 nitrogen and oxygen atoms in total. The summed E-state index contributed by atoms with van der Waals surface area (Å²) in [5.41, 5.74) is 0.365. The summed E-state index contributed by atoms with van der Waals surface area (Å²) < 4.78 is 29.9. The van der Waals surface area contributed by atoms with Gasteiger partial charge in [0.15, 0.2) is 11.5 Å². The molecule has 1 aliphatic heterocycles. The lowest BCUT2D eigenvalue weighted by molar-refractivity contribution is 0.135. The number of fused-ring (bicyclic) bond motifs is 1. The molecular weight excluding hydrogens is 378 g/mol. The first-order valence-corrected chi connectivity index (χ1v) is 11.4. The Kier molecular flexibility index (Phi) is 6.24. The summed E-state index contributed by atoms with van der Waals surface area (Å²) in [4.78, 5) is 0. The second-order valence-corrected chi connectivity index (χ2v) is 10.7. The van der Waals surface area contributed by atoms with E-state index in [1.165, 1.54) is 11.4 Å². The molecule has 1 unspecified atom stereocenters. The van der Waals surface area contributed by atoms with Gasteiger partial charge in [-0.15, -0.1) is 0 Å². The van der Waals surface area contributed by atoms with Crippen LogP contribution in [0.3, 0.4) is 0 Å². The normalized spacial score (nSPS) is 18.2. The minimum Gasteiger partial charge on any atom is -0.483 e. The summed E-state index contributed by atoms with van der Waals surface area (Å²) in [5, 5.41) is 0.803. The number of hydrogen-bond acceptors (Lipinski definition) is 5. The minimum absolute atomic E-state index is 0.295. The highest BCUT2D eigenvalue weighted by molar-refractivity contribution is 8.55. The summed E-state index contributed by atoms with van der Waals surface area (Å²) in [7, 11) is 0. The molecule has 0 radical (unpaired) electrons. The molecule has 1 atom stereocenters. The fourth-order valence-electron chi connectivity index (χ4n) is 2.28. The maximum atomic E-state index is 12.9. The summed E-state index contributed by atoms with van der Waals surface area (Å²) in [6, 6.07) is 1.54. The highest BCUT2D eigenvalue weighted by Crippen LogP contribution is 2.62. The molecule has 0 saturated carbocycles. The fourth-order valence-corrected chi connectivity index (χ4v) is 6.14.